The average molecular weight is 214 g/mol. The van der Waals surface area contributed by atoms with Crippen LogP contribution in [-0.2, 0) is 9.59 Å². The standard InChI is InChI=1S/C12H10N2O2/c15-11-10(9-5-2-1-3-6-9)12(16)14-8-4-7-13(11)14/h1-7,10H,8H2. The fourth-order valence-corrected chi connectivity index (χ4v) is 2.12. The third-order valence-corrected chi connectivity index (χ3v) is 2.89. The van der Waals surface area contributed by atoms with Crippen molar-refractivity contribution in [1.82, 2.24) is 10.0 Å². The summed E-state index contributed by atoms with van der Waals surface area (Å²) < 4.78 is 0. The largest absolute Gasteiger partial charge is 0.272 e. The lowest BCUT2D eigenvalue weighted by atomic mass is 9.98. The molecule has 1 unspecified atom stereocenters. The van der Waals surface area contributed by atoms with Gasteiger partial charge in [0, 0.05) is 6.20 Å². The molecule has 2 aliphatic heterocycles. The van der Waals surface area contributed by atoms with Crippen molar-refractivity contribution in [3.05, 3.63) is 48.2 Å². The van der Waals surface area contributed by atoms with Crippen LogP contribution in [0.2, 0.25) is 0 Å². The Labute approximate surface area is 92.7 Å². The van der Waals surface area contributed by atoms with Crippen molar-refractivity contribution in [3.63, 3.8) is 0 Å². The minimum atomic E-state index is -0.661. The van der Waals surface area contributed by atoms with Crippen LogP contribution < -0.4 is 0 Å². The van der Waals surface area contributed by atoms with Gasteiger partial charge in [-0.3, -0.25) is 9.59 Å². The van der Waals surface area contributed by atoms with Gasteiger partial charge in [0.1, 0.15) is 5.92 Å². The van der Waals surface area contributed by atoms with Crippen molar-refractivity contribution in [1.29, 1.82) is 0 Å². The Morgan fingerprint density at radius 3 is 2.50 bits per heavy atom. The summed E-state index contributed by atoms with van der Waals surface area (Å²) in [7, 11) is 0. The third kappa shape index (κ3) is 1.10. The maximum absolute atomic E-state index is 12.0. The highest BCUT2D eigenvalue weighted by Crippen LogP contribution is 2.31. The minimum absolute atomic E-state index is 0.138. The van der Waals surface area contributed by atoms with Gasteiger partial charge in [-0.2, -0.15) is 0 Å². The molecule has 0 radical (unpaired) electrons. The molecular formula is C12H10N2O2. The first-order chi connectivity index (χ1) is 7.79. The Bertz CT molecular complexity index is 481. The van der Waals surface area contributed by atoms with Crippen molar-refractivity contribution in [2.45, 2.75) is 5.92 Å². The molecule has 0 bridgehead atoms. The van der Waals surface area contributed by atoms with Gasteiger partial charge < -0.3 is 0 Å². The van der Waals surface area contributed by atoms with Gasteiger partial charge in [0.05, 0.1) is 6.54 Å². The number of amides is 2. The first-order valence-corrected chi connectivity index (χ1v) is 5.15. The van der Waals surface area contributed by atoms with E-state index in [0.717, 1.165) is 5.56 Å². The van der Waals surface area contributed by atoms with Gasteiger partial charge in [-0.15, -0.1) is 0 Å². The molecule has 2 heterocycles. The Hall–Kier alpha value is -2.10. The molecule has 4 nitrogen and oxygen atoms in total. The molecule has 1 atom stereocenters. The maximum atomic E-state index is 12.0. The highest BCUT2D eigenvalue weighted by molar-refractivity contribution is 6.11. The Kier molecular flexibility index (Phi) is 1.83. The van der Waals surface area contributed by atoms with Gasteiger partial charge in [0.15, 0.2) is 0 Å². The van der Waals surface area contributed by atoms with Crippen LogP contribution in [0.25, 0.3) is 0 Å². The predicted molar refractivity (Wildman–Crippen MR) is 56.9 cm³/mol. The lowest BCUT2D eigenvalue weighted by Gasteiger charge is -2.16. The van der Waals surface area contributed by atoms with Crippen molar-refractivity contribution in [2.24, 2.45) is 0 Å². The average Bonchev–Trinajstić information content (AvgIpc) is 2.86. The zero-order valence-electron chi connectivity index (χ0n) is 8.54. The molecule has 0 N–H and O–H groups in total. The van der Waals surface area contributed by atoms with Crippen LogP contribution in [0.15, 0.2) is 42.6 Å². The minimum Gasteiger partial charge on any atom is -0.272 e. The lowest BCUT2D eigenvalue weighted by molar-refractivity contribution is -0.138. The summed E-state index contributed by atoms with van der Waals surface area (Å²) in [6, 6.07) is 9.17. The van der Waals surface area contributed by atoms with Crippen LogP contribution in [0, 0.1) is 0 Å². The quantitative estimate of drug-likeness (QED) is 0.651. The normalized spacial score (nSPS) is 23.1. The smallest absolute Gasteiger partial charge is 0.262 e. The van der Waals surface area contributed by atoms with Crippen LogP contribution >= 0.6 is 0 Å². The molecule has 1 aromatic carbocycles. The van der Waals surface area contributed by atoms with Gasteiger partial charge in [-0.25, -0.2) is 10.0 Å². The molecule has 2 aliphatic rings. The van der Waals surface area contributed by atoms with Crippen LogP contribution in [0.1, 0.15) is 11.5 Å². The van der Waals surface area contributed by atoms with E-state index >= 15 is 0 Å². The topological polar surface area (TPSA) is 40.6 Å². The van der Waals surface area contributed by atoms with Gasteiger partial charge in [-0.1, -0.05) is 30.3 Å². The highest BCUT2D eigenvalue weighted by atomic mass is 16.2. The van der Waals surface area contributed by atoms with E-state index < -0.39 is 5.92 Å². The van der Waals surface area contributed by atoms with E-state index in [9.17, 15) is 9.59 Å². The number of hydrogen-bond donors (Lipinski definition) is 0. The molecule has 1 saturated heterocycles. The van der Waals surface area contributed by atoms with E-state index in [0.29, 0.717) is 6.54 Å². The van der Waals surface area contributed by atoms with Crippen molar-refractivity contribution < 1.29 is 9.59 Å². The first kappa shape index (κ1) is 9.15. The second-order valence-electron chi connectivity index (χ2n) is 3.83. The number of carbonyl (C=O) groups is 2. The van der Waals surface area contributed by atoms with E-state index in [2.05, 4.69) is 0 Å². The van der Waals surface area contributed by atoms with E-state index in [1.54, 1.807) is 12.3 Å². The molecule has 0 spiro atoms. The fraction of sp³-hybridized carbons (Fsp3) is 0.167. The Morgan fingerprint density at radius 1 is 1.06 bits per heavy atom. The zero-order chi connectivity index (χ0) is 11.1. The van der Waals surface area contributed by atoms with Gasteiger partial charge in [0.2, 0.25) is 0 Å². The molecule has 0 aromatic heterocycles. The third-order valence-electron chi connectivity index (χ3n) is 2.89. The molecule has 3 rings (SSSR count). The fourth-order valence-electron chi connectivity index (χ4n) is 2.12. The molecule has 0 aliphatic carbocycles. The second-order valence-corrected chi connectivity index (χ2v) is 3.83. The van der Waals surface area contributed by atoms with Gasteiger partial charge in [-0.05, 0) is 11.6 Å². The molecule has 2 amide bonds. The molecule has 16 heavy (non-hydrogen) atoms. The van der Waals surface area contributed by atoms with Crippen molar-refractivity contribution in [2.75, 3.05) is 6.54 Å². The summed E-state index contributed by atoms with van der Waals surface area (Å²) in [6.45, 7) is 0.494. The van der Waals surface area contributed by atoms with Crippen molar-refractivity contribution >= 4 is 11.8 Å². The van der Waals surface area contributed by atoms with Gasteiger partial charge >= 0.3 is 0 Å². The number of hydrogen-bond acceptors (Lipinski definition) is 2. The summed E-state index contributed by atoms with van der Waals surface area (Å²) in [5.74, 6) is -0.961. The highest BCUT2D eigenvalue weighted by Gasteiger charge is 2.46. The molecule has 1 fully saturated rings. The van der Waals surface area contributed by atoms with Crippen molar-refractivity contribution in [3.8, 4) is 0 Å². The maximum Gasteiger partial charge on any atom is 0.262 e. The number of hydrazine groups is 1. The Balaban J connectivity index is 2.01. The van der Waals surface area contributed by atoms with E-state index in [1.807, 2.05) is 30.3 Å². The second kappa shape index (κ2) is 3.20. The Morgan fingerprint density at radius 2 is 1.81 bits per heavy atom. The number of rotatable bonds is 1. The lowest BCUT2D eigenvalue weighted by Crippen LogP contribution is -2.32. The van der Waals surface area contributed by atoms with Crippen LogP contribution in [-0.4, -0.2) is 28.4 Å². The monoisotopic (exact) mass is 214 g/mol. The first-order valence-electron chi connectivity index (χ1n) is 5.15. The van der Waals surface area contributed by atoms with Crippen LogP contribution in [0.5, 0.6) is 0 Å². The summed E-state index contributed by atoms with van der Waals surface area (Å²) in [6.07, 6.45) is 3.46. The van der Waals surface area contributed by atoms with E-state index in [1.165, 1.54) is 10.0 Å². The van der Waals surface area contributed by atoms with Gasteiger partial charge in [0.25, 0.3) is 11.8 Å². The van der Waals surface area contributed by atoms with E-state index in [-0.39, 0.29) is 11.8 Å². The summed E-state index contributed by atoms with van der Waals surface area (Å²) in [4.78, 5) is 24.0. The number of carbonyl (C=O) groups excluding carboxylic acids is 2. The molecular weight excluding hydrogens is 204 g/mol. The summed E-state index contributed by atoms with van der Waals surface area (Å²) in [5, 5.41) is 2.88. The van der Waals surface area contributed by atoms with Crippen LogP contribution in [0.4, 0.5) is 0 Å². The zero-order valence-corrected chi connectivity index (χ0v) is 8.54. The summed E-state index contributed by atoms with van der Waals surface area (Å²) in [5.41, 5.74) is 0.764. The predicted octanol–water partition coefficient (Wildman–Crippen LogP) is 0.883. The SMILES string of the molecule is O=C1C(c2ccccc2)C(=O)N2CC=CN12. The molecule has 1 aromatic rings. The molecule has 80 valence electrons. The number of benzene rings is 1. The molecule has 4 heteroatoms. The molecule has 0 saturated carbocycles. The van der Waals surface area contributed by atoms with E-state index in [4.69, 9.17) is 0 Å². The summed E-state index contributed by atoms with van der Waals surface area (Å²) >= 11 is 0. The van der Waals surface area contributed by atoms with Crippen LogP contribution in [0.3, 0.4) is 0 Å². The number of fused-ring (bicyclic) bond motifs is 1. The number of nitrogens with zero attached hydrogens (tertiary/aromatic N) is 2.